The third-order valence-electron chi connectivity index (χ3n) is 2.85. The fourth-order valence-electron chi connectivity index (χ4n) is 1.99. The smallest absolute Gasteiger partial charge is 0.135 e. The standard InChI is InChI=1S/C13H12OSi/c1-15-9-6-7-13-11(8-9)10-4-2-3-5-12(10)14-13/h2-8H,15H2,1H3. The van der Waals surface area contributed by atoms with Crippen LogP contribution in [0.2, 0.25) is 6.55 Å². The van der Waals surface area contributed by atoms with Crippen LogP contribution in [0.3, 0.4) is 0 Å². The molecule has 0 saturated heterocycles. The van der Waals surface area contributed by atoms with E-state index in [4.69, 9.17) is 4.42 Å². The van der Waals surface area contributed by atoms with Gasteiger partial charge in [0.1, 0.15) is 11.2 Å². The minimum atomic E-state index is -0.0834. The fourth-order valence-corrected chi connectivity index (χ4v) is 2.75. The Kier molecular flexibility index (Phi) is 1.89. The molecule has 0 atom stereocenters. The van der Waals surface area contributed by atoms with Crippen molar-refractivity contribution in [2.45, 2.75) is 6.55 Å². The van der Waals surface area contributed by atoms with E-state index >= 15 is 0 Å². The van der Waals surface area contributed by atoms with E-state index in [1.54, 1.807) is 0 Å². The summed E-state index contributed by atoms with van der Waals surface area (Å²) in [7, 11) is -0.0834. The summed E-state index contributed by atoms with van der Waals surface area (Å²) < 4.78 is 5.77. The molecule has 0 N–H and O–H groups in total. The number of benzene rings is 2. The van der Waals surface area contributed by atoms with Crippen LogP contribution in [0.4, 0.5) is 0 Å². The van der Waals surface area contributed by atoms with Crippen LogP contribution in [0.15, 0.2) is 46.9 Å². The van der Waals surface area contributed by atoms with Crippen LogP contribution in [0.5, 0.6) is 0 Å². The Bertz CT molecular complexity index is 625. The molecule has 0 spiro atoms. The molecule has 1 heterocycles. The maximum atomic E-state index is 5.77. The number of furan rings is 1. The lowest BCUT2D eigenvalue weighted by Gasteiger charge is -1.94. The minimum absolute atomic E-state index is 0.0834. The second-order valence-corrected chi connectivity index (χ2v) is 5.31. The zero-order valence-electron chi connectivity index (χ0n) is 8.66. The van der Waals surface area contributed by atoms with E-state index in [9.17, 15) is 0 Å². The average Bonchev–Trinajstić information content (AvgIpc) is 2.66. The van der Waals surface area contributed by atoms with Gasteiger partial charge in [0.15, 0.2) is 0 Å². The van der Waals surface area contributed by atoms with Crippen molar-refractivity contribution in [2.24, 2.45) is 0 Å². The highest BCUT2D eigenvalue weighted by Gasteiger charge is 2.05. The number of rotatable bonds is 1. The molecule has 0 amide bonds. The molecule has 1 aromatic heterocycles. The van der Waals surface area contributed by atoms with Gasteiger partial charge in [-0.1, -0.05) is 42.1 Å². The third-order valence-corrected chi connectivity index (χ3v) is 4.11. The molecule has 0 aliphatic carbocycles. The largest absolute Gasteiger partial charge is 0.456 e. The van der Waals surface area contributed by atoms with E-state index in [1.165, 1.54) is 16.0 Å². The van der Waals surface area contributed by atoms with E-state index < -0.39 is 0 Å². The molecular weight excluding hydrogens is 200 g/mol. The average molecular weight is 212 g/mol. The molecule has 2 heteroatoms. The van der Waals surface area contributed by atoms with Crippen LogP contribution in [-0.4, -0.2) is 9.52 Å². The van der Waals surface area contributed by atoms with Crippen LogP contribution in [0, 0.1) is 0 Å². The number of hydrogen-bond donors (Lipinski definition) is 0. The van der Waals surface area contributed by atoms with Gasteiger partial charge in [0.05, 0.1) is 9.52 Å². The van der Waals surface area contributed by atoms with Crippen molar-refractivity contribution in [2.75, 3.05) is 0 Å². The highest BCUT2D eigenvalue weighted by atomic mass is 28.2. The molecule has 0 saturated carbocycles. The van der Waals surface area contributed by atoms with E-state index in [0.29, 0.717) is 0 Å². The van der Waals surface area contributed by atoms with Crippen molar-refractivity contribution in [3.63, 3.8) is 0 Å². The Morgan fingerprint density at radius 2 is 1.73 bits per heavy atom. The fraction of sp³-hybridized carbons (Fsp3) is 0.0769. The predicted molar refractivity (Wildman–Crippen MR) is 67.8 cm³/mol. The van der Waals surface area contributed by atoms with Crippen molar-refractivity contribution >= 4 is 36.6 Å². The van der Waals surface area contributed by atoms with Gasteiger partial charge in [0.2, 0.25) is 0 Å². The van der Waals surface area contributed by atoms with Gasteiger partial charge in [0.25, 0.3) is 0 Å². The first kappa shape index (κ1) is 8.74. The monoisotopic (exact) mass is 212 g/mol. The van der Waals surface area contributed by atoms with Gasteiger partial charge in [-0.25, -0.2) is 0 Å². The molecule has 0 bridgehead atoms. The van der Waals surface area contributed by atoms with Crippen LogP contribution in [0.25, 0.3) is 21.9 Å². The minimum Gasteiger partial charge on any atom is -0.456 e. The predicted octanol–water partition coefficient (Wildman–Crippen LogP) is 2.43. The highest BCUT2D eigenvalue weighted by molar-refractivity contribution is 6.52. The Hall–Kier alpha value is -1.54. The van der Waals surface area contributed by atoms with Gasteiger partial charge in [-0.15, -0.1) is 0 Å². The molecule has 0 fully saturated rings. The first-order chi connectivity index (χ1) is 7.38. The van der Waals surface area contributed by atoms with Crippen LogP contribution >= 0.6 is 0 Å². The lowest BCUT2D eigenvalue weighted by Crippen LogP contribution is -2.08. The zero-order chi connectivity index (χ0) is 10.3. The molecule has 1 nitrogen and oxygen atoms in total. The molecule has 2 aromatic carbocycles. The van der Waals surface area contributed by atoms with Gasteiger partial charge < -0.3 is 4.42 Å². The summed E-state index contributed by atoms with van der Waals surface area (Å²) in [5.41, 5.74) is 1.99. The van der Waals surface area contributed by atoms with E-state index in [1.807, 2.05) is 12.1 Å². The molecular formula is C13H12OSi. The molecule has 3 aromatic rings. The van der Waals surface area contributed by atoms with Crippen LogP contribution in [0.1, 0.15) is 0 Å². The van der Waals surface area contributed by atoms with Crippen LogP contribution < -0.4 is 5.19 Å². The molecule has 0 unspecified atom stereocenters. The quantitative estimate of drug-likeness (QED) is 0.565. The Morgan fingerprint density at radius 3 is 2.60 bits per heavy atom. The maximum absolute atomic E-state index is 5.77. The van der Waals surface area contributed by atoms with Crippen molar-refractivity contribution in [3.05, 3.63) is 42.5 Å². The van der Waals surface area contributed by atoms with Crippen molar-refractivity contribution in [1.29, 1.82) is 0 Å². The zero-order valence-corrected chi connectivity index (χ0v) is 10.1. The second kappa shape index (κ2) is 3.24. The van der Waals surface area contributed by atoms with Gasteiger partial charge in [0, 0.05) is 10.8 Å². The molecule has 0 radical (unpaired) electrons. The molecule has 15 heavy (non-hydrogen) atoms. The third kappa shape index (κ3) is 1.29. The van der Waals surface area contributed by atoms with Crippen molar-refractivity contribution in [3.8, 4) is 0 Å². The second-order valence-electron chi connectivity index (χ2n) is 3.78. The summed E-state index contributed by atoms with van der Waals surface area (Å²) >= 11 is 0. The lowest BCUT2D eigenvalue weighted by atomic mass is 10.1. The Labute approximate surface area is 90.5 Å². The number of hydrogen-bond acceptors (Lipinski definition) is 1. The molecule has 0 aliphatic heterocycles. The first-order valence-corrected chi connectivity index (χ1v) is 7.41. The Balaban J connectivity index is 2.46. The summed E-state index contributed by atoms with van der Waals surface area (Å²) in [4.78, 5) is 0. The first-order valence-electron chi connectivity index (χ1n) is 5.28. The summed E-state index contributed by atoms with van der Waals surface area (Å²) in [5, 5.41) is 3.99. The molecule has 3 rings (SSSR count). The molecule has 0 aliphatic rings. The normalized spacial score (nSPS) is 12.1. The topological polar surface area (TPSA) is 13.1 Å². The van der Waals surface area contributed by atoms with Gasteiger partial charge in [-0.3, -0.25) is 0 Å². The highest BCUT2D eigenvalue weighted by Crippen LogP contribution is 2.27. The van der Waals surface area contributed by atoms with Gasteiger partial charge in [-0.2, -0.15) is 0 Å². The van der Waals surface area contributed by atoms with Crippen molar-refractivity contribution in [1.82, 2.24) is 0 Å². The van der Waals surface area contributed by atoms with E-state index in [-0.39, 0.29) is 9.52 Å². The van der Waals surface area contributed by atoms with E-state index in [0.717, 1.165) is 11.2 Å². The van der Waals surface area contributed by atoms with Crippen molar-refractivity contribution < 1.29 is 4.42 Å². The lowest BCUT2D eigenvalue weighted by molar-refractivity contribution is 0.669. The molecule has 74 valence electrons. The number of para-hydroxylation sites is 1. The van der Waals surface area contributed by atoms with Gasteiger partial charge >= 0.3 is 0 Å². The Morgan fingerprint density at radius 1 is 0.933 bits per heavy atom. The SMILES string of the molecule is C[SiH2]c1ccc2oc3ccccc3c2c1. The summed E-state index contributed by atoms with van der Waals surface area (Å²) in [6, 6.07) is 14.8. The maximum Gasteiger partial charge on any atom is 0.135 e. The summed E-state index contributed by atoms with van der Waals surface area (Å²) in [5.74, 6) is 0. The van der Waals surface area contributed by atoms with E-state index in [2.05, 4.69) is 36.9 Å². The number of fused-ring (bicyclic) bond motifs is 3. The summed E-state index contributed by atoms with van der Waals surface area (Å²) in [6.07, 6.45) is 0. The van der Waals surface area contributed by atoms with Gasteiger partial charge in [-0.05, 0) is 12.1 Å². The summed E-state index contributed by atoms with van der Waals surface area (Å²) in [6.45, 7) is 2.31. The van der Waals surface area contributed by atoms with Crippen LogP contribution in [-0.2, 0) is 0 Å².